The summed E-state index contributed by atoms with van der Waals surface area (Å²) in [4.78, 5) is 27.3. The van der Waals surface area contributed by atoms with E-state index < -0.39 is 0 Å². The van der Waals surface area contributed by atoms with Gasteiger partial charge < -0.3 is 15.5 Å². The standard InChI is InChI=1S/C24H24ClN5O2/c1-14-3-8-21-20(9-14)28-22-18(12-27-29(22)2)13-30(21)24(32)16-6-7-17(19(25)10-16)11-26-23(31)15-4-5-15/h3,6-10,12,15,28H,4-5,11,13H2,1-2H3,(H,26,31). The van der Waals surface area contributed by atoms with Gasteiger partial charge in [-0.15, -0.1) is 0 Å². The number of aromatic nitrogens is 2. The molecule has 0 saturated heterocycles. The van der Waals surface area contributed by atoms with Crippen molar-refractivity contribution in [3.05, 3.63) is 69.9 Å². The summed E-state index contributed by atoms with van der Waals surface area (Å²) in [6.45, 7) is 2.77. The van der Waals surface area contributed by atoms with Crippen molar-refractivity contribution in [3.63, 3.8) is 0 Å². The van der Waals surface area contributed by atoms with Crippen molar-refractivity contribution in [2.24, 2.45) is 13.0 Å². The van der Waals surface area contributed by atoms with Gasteiger partial charge in [0.05, 0.1) is 24.1 Å². The lowest BCUT2D eigenvalue weighted by Gasteiger charge is -2.23. The van der Waals surface area contributed by atoms with Gasteiger partial charge in [-0.25, -0.2) is 0 Å². The Bertz CT molecular complexity index is 1230. The maximum absolute atomic E-state index is 13.6. The summed E-state index contributed by atoms with van der Waals surface area (Å²) >= 11 is 6.48. The summed E-state index contributed by atoms with van der Waals surface area (Å²) in [5, 5.41) is 11.2. The number of hydrogen-bond acceptors (Lipinski definition) is 4. The van der Waals surface area contributed by atoms with Gasteiger partial charge >= 0.3 is 0 Å². The van der Waals surface area contributed by atoms with Gasteiger partial charge in [0, 0.05) is 35.7 Å². The zero-order valence-corrected chi connectivity index (χ0v) is 18.7. The van der Waals surface area contributed by atoms with Crippen LogP contribution in [0.1, 0.15) is 39.9 Å². The van der Waals surface area contributed by atoms with E-state index in [2.05, 4.69) is 15.7 Å². The minimum atomic E-state index is -0.149. The molecule has 1 fully saturated rings. The molecule has 2 aromatic carbocycles. The molecule has 0 radical (unpaired) electrons. The van der Waals surface area contributed by atoms with E-state index in [1.54, 1.807) is 27.9 Å². The summed E-state index contributed by atoms with van der Waals surface area (Å²) in [5.74, 6) is 0.931. The highest BCUT2D eigenvalue weighted by Gasteiger charge is 2.30. The summed E-state index contributed by atoms with van der Waals surface area (Å²) in [5.41, 5.74) is 4.96. The minimum absolute atomic E-state index is 0.0671. The highest BCUT2D eigenvalue weighted by atomic mass is 35.5. The molecule has 0 atom stereocenters. The lowest BCUT2D eigenvalue weighted by molar-refractivity contribution is -0.122. The highest BCUT2D eigenvalue weighted by Crippen LogP contribution is 2.37. The monoisotopic (exact) mass is 449 g/mol. The van der Waals surface area contributed by atoms with Crippen LogP contribution in [0.5, 0.6) is 0 Å². The van der Waals surface area contributed by atoms with Crippen LogP contribution in [-0.4, -0.2) is 21.6 Å². The molecule has 32 heavy (non-hydrogen) atoms. The number of rotatable bonds is 4. The molecular formula is C24H24ClN5O2. The lowest BCUT2D eigenvalue weighted by Crippen LogP contribution is -2.30. The average molecular weight is 450 g/mol. The van der Waals surface area contributed by atoms with Crippen LogP contribution in [0.2, 0.25) is 5.02 Å². The number of carbonyl (C=O) groups is 2. The first-order valence-electron chi connectivity index (χ1n) is 10.7. The first-order chi connectivity index (χ1) is 15.4. The van der Waals surface area contributed by atoms with Crippen LogP contribution in [0.25, 0.3) is 0 Å². The third-order valence-electron chi connectivity index (χ3n) is 5.99. The van der Waals surface area contributed by atoms with Crippen molar-refractivity contribution in [1.29, 1.82) is 0 Å². The molecule has 0 unspecified atom stereocenters. The van der Waals surface area contributed by atoms with Crippen molar-refractivity contribution in [2.75, 3.05) is 10.2 Å². The number of nitrogens with zero attached hydrogens (tertiary/aromatic N) is 3. The third kappa shape index (κ3) is 3.84. The number of anilines is 3. The zero-order chi connectivity index (χ0) is 22.4. The summed E-state index contributed by atoms with van der Waals surface area (Å²) in [6, 6.07) is 11.2. The van der Waals surface area contributed by atoms with Crippen LogP contribution >= 0.6 is 11.6 Å². The van der Waals surface area contributed by atoms with Crippen LogP contribution in [0, 0.1) is 12.8 Å². The van der Waals surface area contributed by atoms with Gasteiger partial charge in [-0.3, -0.25) is 14.3 Å². The number of hydrogen-bond donors (Lipinski definition) is 2. The molecule has 1 saturated carbocycles. The minimum Gasteiger partial charge on any atom is -0.352 e. The molecule has 1 aliphatic heterocycles. The molecule has 2 heterocycles. The van der Waals surface area contributed by atoms with Crippen molar-refractivity contribution in [3.8, 4) is 0 Å². The predicted octanol–water partition coefficient (Wildman–Crippen LogP) is 4.31. The fourth-order valence-electron chi connectivity index (χ4n) is 3.96. The number of benzene rings is 2. The topological polar surface area (TPSA) is 79.3 Å². The van der Waals surface area contributed by atoms with Crippen LogP contribution in [0.3, 0.4) is 0 Å². The Morgan fingerprint density at radius 2 is 2.03 bits per heavy atom. The molecule has 0 bridgehead atoms. The fourth-order valence-corrected chi connectivity index (χ4v) is 4.21. The number of halogens is 1. The Morgan fingerprint density at radius 3 is 2.78 bits per heavy atom. The van der Waals surface area contributed by atoms with Gasteiger partial charge in [-0.05, 0) is 55.2 Å². The Kier molecular flexibility index (Phi) is 5.13. The maximum Gasteiger partial charge on any atom is 0.258 e. The zero-order valence-electron chi connectivity index (χ0n) is 18.0. The van der Waals surface area contributed by atoms with Gasteiger partial charge in [0.25, 0.3) is 5.91 Å². The van der Waals surface area contributed by atoms with Crippen molar-refractivity contribution >= 4 is 40.6 Å². The molecule has 8 heteroatoms. The molecule has 3 aromatic rings. The second kappa shape index (κ2) is 7.98. The van der Waals surface area contributed by atoms with Crippen LogP contribution < -0.4 is 15.5 Å². The van der Waals surface area contributed by atoms with E-state index in [-0.39, 0.29) is 17.7 Å². The van der Waals surface area contributed by atoms with E-state index in [1.807, 2.05) is 38.2 Å². The Balaban J connectivity index is 1.44. The number of nitrogens with one attached hydrogen (secondary N) is 2. The molecule has 1 aliphatic carbocycles. The molecule has 1 aromatic heterocycles. The molecule has 7 nitrogen and oxygen atoms in total. The maximum atomic E-state index is 13.6. The van der Waals surface area contributed by atoms with E-state index in [4.69, 9.17) is 11.6 Å². The van der Waals surface area contributed by atoms with Crippen LogP contribution in [0.4, 0.5) is 17.2 Å². The van der Waals surface area contributed by atoms with Crippen molar-refractivity contribution in [2.45, 2.75) is 32.9 Å². The second-order valence-electron chi connectivity index (χ2n) is 8.48. The molecule has 2 amide bonds. The number of carbonyl (C=O) groups excluding carboxylic acids is 2. The molecular weight excluding hydrogens is 426 g/mol. The van der Waals surface area contributed by atoms with Gasteiger partial charge in [0.2, 0.25) is 5.91 Å². The summed E-state index contributed by atoms with van der Waals surface area (Å²) in [6.07, 6.45) is 3.69. The quantitative estimate of drug-likeness (QED) is 0.622. The molecule has 0 spiro atoms. The molecule has 164 valence electrons. The first-order valence-corrected chi connectivity index (χ1v) is 11.0. The van der Waals surface area contributed by atoms with Gasteiger partial charge in [-0.1, -0.05) is 23.7 Å². The Hall–Kier alpha value is -3.32. The van der Waals surface area contributed by atoms with Gasteiger partial charge in [-0.2, -0.15) is 5.10 Å². The van der Waals surface area contributed by atoms with Crippen LogP contribution in [0.15, 0.2) is 42.6 Å². The molecule has 5 rings (SSSR count). The van der Waals surface area contributed by atoms with E-state index in [0.717, 1.165) is 46.7 Å². The lowest BCUT2D eigenvalue weighted by atomic mass is 10.1. The second-order valence-corrected chi connectivity index (χ2v) is 8.88. The van der Waals surface area contributed by atoms with E-state index in [0.29, 0.717) is 23.7 Å². The fraction of sp³-hybridized carbons (Fsp3) is 0.292. The number of aryl methyl sites for hydroxylation is 2. The predicted molar refractivity (Wildman–Crippen MR) is 124 cm³/mol. The van der Waals surface area contributed by atoms with Crippen LogP contribution in [-0.2, 0) is 24.9 Å². The smallest absolute Gasteiger partial charge is 0.258 e. The van der Waals surface area contributed by atoms with E-state index in [1.165, 1.54) is 0 Å². The normalized spacial score (nSPS) is 14.8. The summed E-state index contributed by atoms with van der Waals surface area (Å²) < 4.78 is 1.77. The SMILES string of the molecule is Cc1ccc2c(c1)Nc1c(cnn1C)CN2C(=O)c1ccc(CNC(=O)C2CC2)c(Cl)c1. The average Bonchev–Trinajstić information content (AvgIpc) is 3.58. The van der Waals surface area contributed by atoms with Gasteiger partial charge in [0.1, 0.15) is 5.82 Å². The van der Waals surface area contributed by atoms with Crippen molar-refractivity contribution < 1.29 is 9.59 Å². The van der Waals surface area contributed by atoms with Gasteiger partial charge in [0.15, 0.2) is 0 Å². The van der Waals surface area contributed by atoms with E-state index in [9.17, 15) is 9.59 Å². The Labute approximate surface area is 191 Å². The van der Waals surface area contributed by atoms with Crippen molar-refractivity contribution in [1.82, 2.24) is 15.1 Å². The Morgan fingerprint density at radius 1 is 1.22 bits per heavy atom. The number of amides is 2. The molecule has 2 N–H and O–H groups in total. The third-order valence-corrected chi connectivity index (χ3v) is 6.34. The highest BCUT2D eigenvalue weighted by molar-refractivity contribution is 6.32. The van der Waals surface area contributed by atoms with E-state index >= 15 is 0 Å². The first kappa shape index (κ1) is 20.6. The number of fused-ring (bicyclic) bond motifs is 2. The molecule has 2 aliphatic rings. The largest absolute Gasteiger partial charge is 0.352 e. The summed E-state index contributed by atoms with van der Waals surface area (Å²) in [7, 11) is 1.87.